The fourth-order valence-electron chi connectivity index (χ4n) is 4.27. The first-order valence-corrected chi connectivity index (χ1v) is 10.3. The highest BCUT2D eigenvalue weighted by molar-refractivity contribution is 7.80. The maximum atomic E-state index is 13.3. The normalized spacial score (nSPS) is 18.0. The number of rotatable bonds is 7. The fourth-order valence-corrected chi connectivity index (χ4v) is 4.41. The topological polar surface area (TPSA) is 70.4 Å². The largest absolute Gasteiger partial charge is 0.376 e. The van der Waals surface area contributed by atoms with Crippen molar-refractivity contribution in [1.29, 1.82) is 0 Å². The van der Waals surface area contributed by atoms with E-state index in [9.17, 15) is 9.18 Å². The van der Waals surface area contributed by atoms with Gasteiger partial charge in [0.05, 0.1) is 0 Å². The molecule has 2 aliphatic rings. The zero-order valence-electron chi connectivity index (χ0n) is 15.7. The number of nitrogens with two attached hydrogens (primary N) is 1. The number of anilines is 1. The van der Waals surface area contributed by atoms with Crippen molar-refractivity contribution < 1.29 is 9.18 Å². The number of fused-ring (bicyclic) bond motifs is 1. The van der Waals surface area contributed by atoms with Crippen LogP contribution in [0.15, 0.2) is 18.2 Å². The number of benzene rings is 1. The van der Waals surface area contributed by atoms with Crippen LogP contribution in [0.25, 0.3) is 0 Å². The molecule has 7 heteroatoms. The summed E-state index contributed by atoms with van der Waals surface area (Å²) in [6, 6.07) is 4.53. The molecule has 1 atom stereocenters. The Bertz CT molecular complexity index is 678. The van der Waals surface area contributed by atoms with Gasteiger partial charge in [-0.15, -0.1) is 0 Å². The molecule has 1 unspecified atom stereocenters. The molecule has 1 aromatic carbocycles. The van der Waals surface area contributed by atoms with Crippen molar-refractivity contribution >= 4 is 28.9 Å². The van der Waals surface area contributed by atoms with Gasteiger partial charge in [-0.2, -0.15) is 0 Å². The van der Waals surface area contributed by atoms with E-state index < -0.39 is 0 Å². The summed E-state index contributed by atoms with van der Waals surface area (Å²) in [5.41, 5.74) is 7.73. The molecule has 4 N–H and O–H groups in total. The van der Waals surface area contributed by atoms with Gasteiger partial charge in [0.2, 0.25) is 5.91 Å². The van der Waals surface area contributed by atoms with Crippen LogP contribution in [0.5, 0.6) is 0 Å². The Kier molecular flexibility index (Phi) is 6.88. The van der Waals surface area contributed by atoms with Crippen molar-refractivity contribution in [2.24, 2.45) is 11.7 Å². The smallest absolute Gasteiger partial charge is 0.242 e. The van der Waals surface area contributed by atoms with Crippen molar-refractivity contribution in [2.75, 3.05) is 24.5 Å². The Morgan fingerprint density at radius 2 is 2.11 bits per heavy atom. The Labute approximate surface area is 165 Å². The lowest BCUT2D eigenvalue weighted by Gasteiger charge is -2.27. The molecule has 0 aromatic heterocycles. The van der Waals surface area contributed by atoms with Crippen molar-refractivity contribution in [3.05, 3.63) is 29.6 Å². The predicted octanol–water partition coefficient (Wildman–Crippen LogP) is 2.48. The number of amides is 1. The van der Waals surface area contributed by atoms with E-state index >= 15 is 0 Å². The number of carbonyl (C=O) groups excluding carboxylic acids is 1. The van der Waals surface area contributed by atoms with Gasteiger partial charge in [-0.25, -0.2) is 4.39 Å². The Morgan fingerprint density at radius 3 is 2.85 bits per heavy atom. The van der Waals surface area contributed by atoms with E-state index in [2.05, 4.69) is 15.5 Å². The minimum atomic E-state index is -0.370. The average molecular weight is 393 g/mol. The number of nitrogens with one attached hydrogen (secondary N) is 2. The molecule has 1 aliphatic heterocycles. The van der Waals surface area contributed by atoms with Gasteiger partial charge in [-0.3, -0.25) is 4.79 Å². The van der Waals surface area contributed by atoms with Crippen molar-refractivity contribution in [2.45, 2.75) is 51.0 Å². The van der Waals surface area contributed by atoms with Gasteiger partial charge >= 0.3 is 0 Å². The molecule has 1 amide bonds. The predicted molar refractivity (Wildman–Crippen MR) is 110 cm³/mol. The third-order valence-electron chi connectivity index (χ3n) is 5.64. The maximum absolute atomic E-state index is 13.3. The van der Waals surface area contributed by atoms with E-state index in [1.54, 1.807) is 6.07 Å². The van der Waals surface area contributed by atoms with Gasteiger partial charge in [0.15, 0.2) is 5.11 Å². The molecule has 0 bridgehead atoms. The molecule has 0 radical (unpaired) electrons. The Hall–Kier alpha value is -1.89. The average Bonchev–Trinajstić information content (AvgIpc) is 3.03. The molecule has 3 rings (SSSR count). The van der Waals surface area contributed by atoms with Crippen LogP contribution in [-0.4, -0.2) is 36.7 Å². The van der Waals surface area contributed by atoms with Crippen LogP contribution in [-0.2, 0) is 11.2 Å². The molecule has 1 heterocycles. The first-order valence-electron chi connectivity index (χ1n) is 9.90. The lowest BCUT2D eigenvalue weighted by molar-refractivity contribution is -0.123. The zero-order chi connectivity index (χ0) is 19.2. The molecule has 1 aromatic rings. The number of hydrogen-bond acceptors (Lipinski definition) is 3. The van der Waals surface area contributed by atoms with Crippen molar-refractivity contribution in [3.8, 4) is 0 Å². The van der Waals surface area contributed by atoms with Gasteiger partial charge in [0.25, 0.3) is 0 Å². The standard InChI is InChI=1S/C20H29FN4OS/c21-16-6-7-18-15(13-16)8-10-25(18)11-9-23-19(26)17(24-20(22)27)12-14-4-2-1-3-5-14/h6-7,13-14,17H,1-5,8-12H2,(H,23,26)(H3,22,24,27). The molecule has 0 spiro atoms. The van der Waals surface area contributed by atoms with Gasteiger partial charge in [0.1, 0.15) is 11.9 Å². The minimum Gasteiger partial charge on any atom is -0.376 e. The molecule has 27 heavy (non-hydrogen) atoms. The van der Waals surface area contributed by atoms with Crippen molar-refractivity contribution in [3.63, 3.8) is 0 Å². The summed E-state index contributed by atoms with van der Waals surface area (Å²) in [5.74, 6) is 0.307. The summed E-state index contributed by atoms with van der Waals surface area (Å²) < 4.78 is 13.3. The maximum Gasteiger partial charge on any atom is 0.242 e. The molecular formula is C20H29FN4OS. The third kappa shape index (κ3) is 5.54. The second kappa shape index (κ2) is 9.35. The lowest BCUT2D eigenvalue weighted by atomic mass is 9.84. The van der Waals surface area contributed by atoms with Gasteiger partial charge < -0.3 is 21.3 Å². The molecule has 5 nitrogen and oxygen atoms in total. The summed E-state index contributed by atoms with van der Waals surface area (Å²) in [4.78, 5) is 14.8. The highest BCUT2D eigenvalue weighted by atomic mass is 32.1. The lowest BCUT2D eigenvalue weighted by Crippen LogP contribution is -2.50. The SMILES string of the molecule is NC(=S)NC(CC1CCCCC1)C(=O)NCCN1CCc2cc(F)ccc21. The molecule has 1 saturated carbocycles. The quantitative estimate of drug-likeness (QED) is 0.622. The van der Waals surface area contributed by atoms with Crippen LogP contribution in [0, 0.1) is 11.7 Å². The van der Waals surface area contributed by atoms with Crippen LogP contribution < -0.4 is 21.3 Å². The molecule has 0 saturated heterocycles. The van der Waals surface area contributed by atoms with Crippen molar-refractivity contribution in [1.82, 2.24) is 10.6 Å². The van der Waals surface area contributed by atoms with Gasteiger partial charge in [-0.05, 0) is 54.7 Å². The first kappa shape index (κ1) is 19.9. The summed E-state index contributed by atoms with van der Waals surface area (Å²) in [6.07, 6.45) is 7.72. The van der Waals surface area contributed by atoms with Gasteiger partial charge in [-0.1, -0.05) is 32.1 Å². The van der Waals surface area contributed by atoms with E-state index in [1.165, 1.54) is 38.2 Å². The summed E-state index contributed by atoms with van der Waals surface area (Å²) in [7, 11) is 0. The second-order valence-corrected chi connectivity index (χ2v) is 8.04. The van der Waals surface area contributed by atoms with Crippen LogP contribution in [0.3, 0.4) is 0 Å². The highest BCUT2D eigenvalue weighted by Gasteiger charge is 2.25. The first-order chi connectivity index (χ1) is 13.0. The Morgan fingerprint density at radius 1 is 1.33 bits per heavy atom. The number of hydrogen-bond donors (Lipinski definition) is 3. The molecule has 1 fully saturated rings. The van der Waals surface area contributed by atoms with Crippen LogP contribution in [0.1, 0.15) is 44.1 Å². The van der Waals surface area contributed by atoms with E-state index in [-0.39, 0.29) is 22.9 Å². The highest BCUT2D eigenvalue weighted by Crippen LogP contribution is 2.28. The number of halogens is 1. The molecular weight excluding hydrogens is 363 g/mol. The van der Waals surface area contributed by atoms with Crippen LogP contribution >= 0.6 is 12.2 Å². The zero-order valence-corrected chi connectivity index (χ0v) is 16.5. The third-order valence-corrected chi connectivity index (χ3v) is 5.76. The monoisotopic (exact) mass is 392 g/mol. The minimum absolute atomic E-state index is 0.0492. The fraction of sp³-hybridized carbons (Fsp3) is 0.600. The van der Waals surface area contributed by atoms with E-state index in [0.29, 0.717) is 19.0 Å². The van der Waals surface area contributed by atoms with E-state index in [1.807, 2.05) is 6.07 Å². The van der Waals surface area contributed by atoms with Gasteiger partial charge in [0, 0.05) is 25.3 Å². The van der Waals surface area contributed by atoms with Crippen LogP contribution in [0.2, 0.25) is 0 Å². The summed E-state index contributed by atoms with van der Waals surface area (Å²) in [6.45, 7) is 2.09. The van der Waals surface area contributed by atoms with E-state index in [0.717, 1.165) is 30.6 Å². The number of nitrogens with zero attached hydrogens (tertiary/aromatic N) is 1. The molecule has 148 valence electrons. The molecule has 1 aliphatic carbocycles. The van der Waals surface area contributed by atoms with Crippen LogP contribution in [0.4, 0.5) is 10.1 Å². The summed E-state index contributed by atoms with van der Waals surface area (Å²) in [5, 5.41) is 6.15. The second-order valence-electron chi connectivity index (χ2n) is 7.60. The summed E-state index contributed by atoms with van der Waals surface area (Å²) >= 11 is 4.96. The number of thiocarbonyl (C=S) groups is 1. The van der Waals surface area contributed by atoms with E-state index in [4.69, 9.17) is 18.0 Å². The number of carbonyl (C=O) groups is 1. The Balaban J connectivity index is 1.49.